The molecule has 41 heavy (non-hydrogen) atoms. The zero-order valence-electron chi connectivity index (χ0n) is 26.8. The second kappa shape index (κ2) is 23.5. The number of nitro groups is 1. The Balaban J connectivity index is 1.73. The molecular formula is C36H61N3O2. The first-order valence-corrected chi connectivity index (χ1v) is 17.6. The van der Waals surface area contributed by atoms with Gasteiger partial charge in [0, 0.05) is 12.1 Å². The first-order valence-electron chi connectivity index (χ1n) is 17.6. The number of non-ortho nitro benzene ring substituents is 1. The Kier molecular flexibility index (Phi) is 20.2. The molecule has 1 aromatic heterocycles. The number of unbranched alkanes of at least 4 members (excludes halogenated alkanes) is 22. The van der Waals surface area contributed by atoms with E-state index in [9.17, 15) is 10.1 Å². The van der Waals surface area contributed by atoms with Crippen LogP contribution in [-0.2, 0) is 12.8 Å². The van der Waals surface area contributed by atoms with E-state index >= 15 is 0 Å². The van der Waals surface area contributed by atoms with Gasteiger partial charge < -0.3 is 0 Å². The van der Waals surface area contributed by atoms with Crippen molar-refractivity contribution >= 4 is 16.7 Å². The zero-order chi connectivity index (χ0) is 29.4. The van der Waals surface area contributed by atoms with Crippen LogP contribution in [0, 0.1) is 10.1 Å². The molecule has 0 aliphatic heterocycles. The van der Waals surface area contributed by atoms with Crippen molar-refractivity contribution in [1.82, 2.24) is 9.97 Å². The lowest BCUT2D eigenvalue weighted by Crippen LogP contribution is -2.04. The summed E-state index contributed by atoms with van der Waals surface area (Å²) in [4.78, 5) is 20.8. The van der Waals surface area contributed by atoms with Crippen molar-refractivity contribution in [2.75, 3.05) is 0 Å². The Bertz CT molecular complexity index is 946. The van der Waals surface area contributed by atoms with Gasteiger partial charge in [-0.15, -0.1) is 0 Å². The highest BCUT2D eigenvalue weighted by atomic mass is 16.6. The van der Waals surface area contributed by atoms with Crippen molar-refractivity contribution < 1.29 is 4.92 Å². The Morgan fingerprint density at radius 1 is 0.512 bits per heavy atom. The Hall–Kier alpha value is -2.04. The van der Waals surface area contributed by atoms with E-state index in [2.05, 4.69) is 13.8 Å². The normalized spacial score (nSPS) is 11.5. The molecule has 232 valence electrons. The summed E-state index contributed by atoms with van der Waals surface area (Å²) in [5, 5.41) is 11.3. The Morgan fingerprint density at radius 2 is 0.854 bits per heavy atom. The van der Waals surface area contributed by atoms with Crippen LogP contribution in [-0.4, -0.2) is 14.9 Å². The van der Waals surface area contributed by atoms with Gasteiger partial charge in [-0.1, -0.05) is 155 Å². The molecule has 0 saturated carbocycles. The fraction of sp³-hybridized carbons (Fsp3) is 0.778. The summed E-state index contributed by atoms with van der Waals surface area (Å²) < 4.78 is 0. The topological polar surface area (TPSA) is 68.9 Å². The third-order valence-corrected chi connectivity index (χ3v) is 8.55. The molecule has 0 amide bonds. The molecule has 0 aliphatic rings. The van der Waals surface area contributed by atoms with Crippen molar-refractivity contribution in [2.24, 2.45) is 0 Å². The lowest BCUT2D eigenvalue weighted by atomic mass is 10.0. The molecule has 1 heterocycles. The molecular weight excluding hydrogens is 506 g/mol. The number of aromatic nitrogens is 2. The molecule has 2 aromatic rings. The molecule has 0 aliphatic carbocycles. The highest BCUT2D eigenvalue weighted by Crippen LogP contribution is 2.22. The van der Waals surface area contributed by atoms with E-state index in [4.69, 9.17) is 9.97 Å². The Morgan fingerprint density at radius 3 is 1.22 bits per heavy atom. The number of aryl methyl sites for hydroxylation is 2. The van der Waals surface area contributed by atoms with Crippen molar-refractivity contribution in [3.8, 4) is 0 Å². The number of nitro benzene ring substituents is 1. The molecule has 0 bridgehead atoms. The number of fused-ring (bicyclic) bond motifs is 1. The van der Waals surface area contributed by atoms with Crippen LogP contribution >= 0.6 is 0 Å². The summed E-state index contributed by atoms with van der Waals surface area (Å²) in [5.41, 5.74) is 3.71. The lowest BCUT2D eigenvalue weighted by Gasteiger charge is -2.10. The van der Waals surface area contributed by atoms with Gasteiger partial charge in [0.25, 0.3) is 5.69 Å². The van der Waals surface area contributed by atoms with Gasteiger partial charge in [-0.2, -0.15) is 0 Å². The van der Waals surface area contributed by atoms with Gasteiger partial charge in [0.2, 0.25) is 0 Å². The van der Waals surface area contributed by atoms with Crippen molar-refractivity contribution in [3.05, 3.63) is 39.7 Å². The number of nitrogens with zero attached hydrogens (tertiary/aromatic N) is 3. The van der Waals surface area contributed by atoms with Crippen LogP contribution in [0.1, 0.15) is 179 Å². The summed E-state index contributed by atoms with van der Waals surface area (Å²) >= 11 is 0. The van der Waals surface area contributed by atoms with Gasteiger partial charge in [0.05, 0.1) is 27.3 Å². The molecule has 0 fully saturated rings. The molecule has 0 spiro atoms. The molecule has 0 unspecified atom stereocenters. The number of hydrogen-bond acceptors (Lipinski definition) is 4. The number of benzene rings is 1. The third kappa shape index (κ3) is 16.3. The van der Waals surface area contributed by atoms with Crippen LogP contribution in [0.5, 0.6) is 0 Å². The molecule has 0 atom stereocenters. The van der Waals surface area contributed by atoms with Crippen LogP contribution in [0.25, 0.3) is 11.0 Å². The van der Waals surface area contributed by atoms with Gasteiger partial charge in [-0.25, -0.2) is 9.97 Å². The summed E-state index contributed by atoms with van der Waals surface area (Å²) in [6.45, 7) is 4.56. The van der Waals surface area contributed by atoms with Crippen LogP contribution in [0.2, 0.25) is 0 Å². The molecule has 1 aromatic carbocycles. The van der Waals surface area contributed by atoms with Crippen molar-refractivity contribution in [2.45, 2.75) is 181 Å². The quantitative estimate of drug-likeness (QED) is 0.0611. The van der Waals surface area contributed by atoms with Crippen molar-refractivity contribution in [1.29, 1.82) is 0 Å². The van der Waals surface area contributed by atoms with Gasteiger partial charge in [-0.3, -0.25) is 10.1 Å². The van der Waals surface area contributed by atoms with E-state index in [1.807, 2.05) is 0 Å². The number of rotatable bonds is 27. The third-order valence-electron chi connectivity index (χ3n) is 8.55. The predicted octanol–water partition coefficient (Wildman–Crippen LogP) is 12.0. The lowest BCUT2D eigenvalue weighted by molar-refractivity contribution is -0.384. The molecule has 2 rings (SSSR count). The monoisotopic (exact) mass is 567 g/mol. The average Bonchev–Trinajstić information content (AvgIpc) is 2.97. The van der Waals surface area contributed by atoms with E-state index in [-0.39, 0.29) is 10.6 Å². The largest absolute Gasteiger partial charge is 0.271 e. The average molecular weight is 568 g/mol. The summed E-state index contributed by atoms with van der Waals surface area (Å²) in [6.07, 6.45) is 34.1. The SMILES string of the molecule is CCCCCCCCCCCCCCc1nc2ccc([N+](=O)[O-])cc2nc1CCCCCCCCCCCCCC. The van der Waals surface area contributed by atoms with Gasteiger partial charge in [0.15, 0.2) is 0 Å². The van der Waals surface area contributed by atoms with E-state index in [1.54, 1.807) is 18.2 Å². The highest BCUT2D eigenvalue weighted by molar-refractivity contribution is 5.77. The van der Waals surface area contributed by atoms with E-state index < -0.39 is 0 Å². The predicted molar refractivity (Wildman–Crippen MR) is 176 cm³/mol. The summed E-state index contributed by atoms with van der Waals surface area (Å²) in [6, 6.07) is 4.90. The second-order valence-corrected chi connectivity index (χ2v) is 12.3. The van der Waals surface area contributed by atoms with Crippen LogP contribution in [0.3, 0.4) is 0 Å². The molecule has 0 saturated heterocycles. The van der Waals surface area contributed by atoms with Gasteiger partial charge in [0.1, 0.15) is 0 Å². The summed E-state index contributed by atoms with van der Waals surface area (Å²) in [5.74, 6) is 0. The number of hydrogen-bond donors (Lipinski definition) is 0. The van der Waals surface area contributed by atoms with Gasteiger partial charge >= 0.3 is 0 Å². The maximum Gasteiger partial charge on any atom is 0.271 e. The molecule has 5 heteroatoms. The minimum absolute atomic E-state index is 0.0943. The first-order chi connectivity index (χ1) is 20.2. The molecule has 5 nitrogen and oxygen atoms in total. The van der Waals surface area contributed by atoms with Crippen LogP contribution < -0.4 is 0 Å². The summed E-state index contributed by atoms with van der Waals surface area (Å²) in [7, 11) is 0. The highest BCUT2D eigenvalue weighted by Gasteiger charge is 2.13. The van der Waals surface area contributed by atoms with E-state index in [0.717, 1.165) is 42.6 Å². The van der Waals surface area contributed by atoms with Crippen molar-refractivity contribution in [3.63, 3.8) is 0 Å². The van der Waals surface area contributed by atoms with Crippen LogP contribution in [0.4, 0.5) is 5.69 Å². The zero-order valence-corrected chi connectivity index (χ0v) is 26.8. The minimum atomic E-state index is -0.341. The fourth-order valence-electron chi connectivity index (χ4n) is 5.90. The molecule has 0 radical (unpaired) electrons. The first kappa shape index (κ1) is 35.2. The van der Waals surface area contributed by atoms with E-state index in [0.29, 0.717) is 5.52 Å². The molecule has 0 N–H and O–H groups in total. The maximum atomic E-state index is 11.3. The standard InChI is InChI=1S/C36H61N3O2/c1-3-5-7-9-11-13-15-17-19-21-23-25-27-33-34(38-36-31-32(39(40)41)29-30-35(36)37-33)28-26-24-22-20-18-16-14-12-10-8-6-4-2/h29-31H,3-28H2,1-2H3. The second-order valence-electron chi connectivity index (χ2n) is 12.3. The maximum absolute atomic E-state index is 11.3. The van der Waals surface area contributed by atoms with E-state index in [1.165, 1.54) is 141 Å². The minimum Gasteiger partial charge on any atom is -0.258 e. The fourth-order valence-corrected chi connectivity index (χ4v) is 5.90. The Labute approximate surface area is 251 Å². The van der Waals surface area contributed by atoms with Gasteiger partial charge in [-0.05, 0) is 31.7 Å². The smallest absolute Gasteiger partial charge is 0.258 e. The van der Waals surface area contributed by atoms with Crippen LogP contribution in [0.15, 0.2) is 18.2 Å².